The number of carbonyl (C=O) groups is 1. The first-order valence-corrected chi connectivity index (χ1v) is 6.85. The second-order valence-corrected chi connectivity index (χ2v) is 5.35. The first-order chi connectivity index (χ1) is 9.78. The number of amides is 1. The maximum absolute atomic E-state index is 12.4. The minimum atomic E-state index is -0.345. The van der Waals surface area contributed by atoms with Gasteiger partial charge in [-0.3, -0.25) is 14.8 Å². The summed E-state index contributed by atoms with van der Waals surface area (Å²) >= 11 is 0. The van der Waals surface area contributed by atoms with Gasteiger partial charge >= 0.3 is 0 Å². The van der Waals surface area contributed by atoms with Crippen LogP contribution in [0, 0.1) is 5.41 Å². The highest BCUT2D eigenvalue weighted by Crippen LogP contribution is 2.34. The van der Waals surface area contributed by atoms with Crippen molar-refractivity contribution in [1.82, 2.24) is 15.3 Å². The zero-order valence-electron chi connectivity index (χ0n) is 11.2. The lowest BCUT2D eigenvalue weighted by atomic mass is 9.75. The number of pyridine rings is 2. The van der Waals surface area contributed by atoms with Gasteiger partial charge in [0.05, 0.1) is 5.41 Å². The average Bonchev–Trinajstić information content (AvgIpc) is 2.82. The topological polar surface area (TPSA) is 54.9 Å². The van der Waals surface area contributed by atoms with Crippen LogP contribution in [0.3, 0.4) is 0 Å². The molecule has 3 heterocycles. The van der Waals surface area contributed by atoms with Gasteiger partial charge in [-0.1, -0.05) is 0 Å². The molecule has 20 heavy (non-hydrogen) atoms. The molecule has 0 radical (unpaired) electrons. The second-order valence-electron chi connectivity index (χ2n) is 5.35. The van der Waals surface area contributed by atoms with E-state index in [0.717, 1.165) is 36.9 Å². The number of carbonyl (C=O) groups excluding carboxylic acids is 1. The summed E-state index contributed by atoms with van der Waals surface area (Å²) in [6.07, 6.45) is 9.50. The lowest BCUT2D eigenvalue weighted by Gasteiger charge is -2.26. The zero-order chi connectivity index (χ0) is 13.8. The van der Waals surface area contributed by atoms with Gasteiger partial charge < -0.3 is 5.32 Å². The van der Waals surface area contributed by atoms with Gasteiger partial charge in [-0.25, -0.2) is 0 Å². The average molecular weight is 267 g/mol. The van der Waals surface area contributed by atoms with Crippen LogP contribution in [0.5, 0.6) is 0 Å². The predicted molar refractivity (Wildman–Crippen MR) is 75.9 cm³/mol. The van der Waals surface area contributed by atoms with Crippen LogP contribution in [0.4, 0.5) is 0 Å². The number of hydrogen-bond donors (Lipinski definition) is 1. The van der Waals surface area contributed by atoms with Gasteiger partial charge in [0, 0.05) is 31.3 Å². The molecule has 0 bridgehead atoms. The monoisotopic (exact) mass is 267 g/mol. The van der Waals surface area contributed by atoms with E-state index in [4.69, 9.17) is 0 Å². The predicted octanol–water partition coefficient (Wildman–Crippen LogP) is 1.77. The van der Waals surface area contributed by atoms with Crippen molar-refractivity contribution in [3.05, 3.63) is 60.2 Å². The van der Waals surface area contributed by atoms with E-state index in [1.807, 2.05) is 24.3 Å². The molecule has 1 aliphatic heterocycles. The number of nitrogens with one attached hydrogen (secondary N) is 1. The molecule has 2 aromatic heterocycles. The molecule has 1 N–H and O–H groups in total. The number of rotatable bonds is 4. The Morgan fingerprint density at radius 2 is 1.45 bits per heavy atom. The molecule has 1 aliphatic rings. The molecule has 2 aromatic rings. The largest absolute Gasteiger partial charge is 0.356 e. The summed E-state index contributed by atoms with van der Waals surface area (Å²) < 4.78 is 0. The van der Waals surface area contributed by atoms with E-state index >= 15 is 0 Å². The third-order valence-corrected chi connectivity index (χ3v) is 3.95. The Morgan fingerprint density at radius 1 is 0.950 bits per heavy atom. The van der Waals surface area contributed by atoms with Gasteiger partial charge in [-0.2, -0.15) is 0 Å². The van der Waals surface area contributed by atoms with Gasteiger partial charge in [-0.15, -0.1) is 0 Å². The van der Waals surface area contributed by atoms with Crippen molar-refractivity contribution in [2.45, 2.75) is 19.3 Å². The van der Waals surface area contributed by atoms with E-state index in [9.17, 15) is 4.79 Å². The van der Waals surface area contributed by atoms with Crippen LogP contribution >= 0.6 is 0 Å². The first-order valence-electron chi connectivity index (χ1n) is 6.85. The molecule has 102 valence electrons. The summed E-state index contributed by atoms with van der Waals surface area (Å²) in [5.41, 5.74) is 1.97. The smallest absolute Gasteiger partial charge is 0.226 e. The molecule has 0 atom stereocenters. The third-order valence-electron chi connectivity index (χ3n) is 3.95. The van der Waals surface area contributed by atoms with Crippen LogP contribution in [0.25, 0.3) is 0 Å². The highest BCUT2D eigenvalue weighted by molar-refractivity contribution is 5.85. The molecule has 1 saturated heterocycles. The quantitative estimate of drug-likeness (QED) is 0.918. The molecule has 3 rings (SSSR count). The molecular weight excluding hydrogens is 250 g/mol. The van der Waals surface area contributed by atoms with Gasteiger partial charge in [0.15, 0.2) is 0 Å². The third kappa shape index (κ3) is 2.54. The zero-order valence-corrected chi connectivity index (χ0v) is 11.2. The van der Waals surface area contributed by atoms with Crippen molar-refractivity contribution in [3.8, 4) is 0 Å². The van der Waals surface area contributed by atoms with Crippen LogP contribution < -0.4 is 5.32 Å². The van der Waals surface area contributed by atoms with Crippen molar-refractivity contribution < 1.29 is 4.79 Å². The summed E-state index contributed by atoms with van der Waals surface area (Å²) in [6.45, 7) is 0.759. The van der Waals surface area contributed by atoms with Crippen LogP contribution in [0.2, 0.25) is 0 Å². The molecule has 1 amide bonds. The molecule has 0 saturated carbocycles. The number of hydrogen-bond acceptors (Lipinski definition) is 3. The minimum Gasteiger partial charge on any atom is -0.356 e. The maximum Gasteiger partial charge on any atom is 0.226 e. The Bertz CT molecular complexity index is 542. The Hall–Kier alpha value is -2.23. The van der Waals surface area contributed by atoms with Crippen molar-refractivity contribution in [2.24, 2.45) is 5.41 Å². The molecule has 4 nitrogen and oxygen atoms in total. The van der Waals surface area contributed by atoms with E-state index < -0.39 is 0 Å². The highest BCUT2D eigenvalue weighted by Gasteiger charge is 2.42. The van der Waals surface area contributed by atoms with Crippen molar-refractivity contribution in [2.75, 3.05) is 6.54 Å². The van der Waals surface area contributed by atoms with Gasteiger partial charge in [0.2, 0.25) is 5.91 Å². The molecule has 0 unspecified atom stereocenters. The number of aromatic nitrogens is 2. The Morgan fingerprint density at radius 3 is 1.85 bits per heavy atom. The lowest BCUT2D eigenvalue weighted by Crippen LogP contribution is -2.35. The van der Waals surface area contributed by atoms with Crippen molar-refractivity contribution in [1.29, 1.82) is 0 Å². The normalized spacial score (nSPS) is 16.9. The molecular formula is C16H17N3O. The fraction of sp³-hybridized carbons (Fsp3) is 0.312. The van der Waals surface area contributed by atoms with Crippen LogP contribution in [-0.4, -0.2) is 22.4 Å². The van der Waals surface area contributed by atoms with Gasteiger partial charge in [-0.05, 0) is 54.7 Å². The fourth-order valence-corrected chi connectivity index (χ4v) is 2.90. The second kappa shape index (κ2) is 5.41. The molecule has 0 spiro atoms. The summed E-state index contributed by atoms with van der Waals surface area (Å²) in [6, 6.07) is 7.94. The minimum absolute atomic E-state index is 0.158. The van der Waals surface area contributed by atoms with E-state index in [1.54, 1.807) is 24.8 Å². The van der Waals surface area contributed by atoms with Crippen LogP contribution in [0.15, 0.2) is 49.1 Å². The van der Waals surface area contributed by atoms with Crippen LogP contribution in [0.1, 0.15) is 17.5 Å². The van der Waals surface area contributed by atoms with Gasteiger partial charge in [0.1, 0.15) is 0 Å². The van der Waals surface area contributed by atoms with E-state index in [0.29, 0.717) is 0 Å². The Balaban J connectivity index is 1.87. The first kappa shape index (κ1) is 12.8. The highest BCUT2D eigenvalue weighted by atomic mass is 16.2. The standard InChI is InChI=1S/C16H17N3O/c20-15-16(5-10-19-15,11-13-1-6-17-7-2-13)12-14-3-8-18-9-4-14/h1-4,6-9H,5,10-12H2,(H,19,20). The number of nitrogens with zero attached hydrogens (tertiary/aromatic N) is 2. The maximum atomic E-state index is 12.4. The summed E-state index contributed by atoms with van der Waals surface area (Å²) in [4.78, 5) is 20.4. The molecule has 0 aromatic carbocycles. The van der Waals surface area contributed by atoms with Crippen LogP contribution in [-0.2, 0) is 17.6 Å². The Labute approximate surface area is 118 Å². The van der Waals surface area contributed by atoms with Crippen molar-refractivity contribution in [3.63, 3.8) is 0 Å². The van der Waals surface area contributed by atoms with Crippen molar-refractivity contribution >= 4 is 5.91 Å². The van der Waals surface area contributed by atoms with E-state index in [1.165, 1.54) is 0 Å². The van der Waals surface area contributed by atoms with Gasteiger partial charge in [0.25, 0.3) is 0 Å². The molecule has 4 heteroatoms. The Kier molecular flexibility index (Phi) is 3.46. The lowest BCUT2D eigenvalue weighted by molar-refractivity contribution is -0.127. The molecule has 0 aliphatic carbocycles. The summed E-state index contributed by atoms with van der Waals surface area (Å²) in [5.74, 6) is 0.158. The van der Waals surface area contributed by atoms with E-state index in [2.05, 4.69) is 15.3 Å². The SMILES string of the molecule is O=C1NCCC1(Cc1ccncc1)Cc1ccncc1. The summed E-state index contributed by atoms with van der Waals surface area (Å²) in [5, 5.41) is 2.98. The summed E-state index contributed by atoms with van der Waals surface area (Å²) in [7, 11) is 0. The molecule has 1 fully saturated rings. The fourth-order valence-electron chi connectivity index (χ4n) is 2.90. The van der Waals surface area contributed by atoms with E-state index in [-0.39, 0.29) is 11.3 Å².